The average molecular weight is 400 g/mol. The molecule has 0 aliphatic heterocycles. The van der Waals surface area contributed by atoms with E-state index in [1.165, 1.54) is 13.2 Å². The molecule has 156 valence electrons. The zero-order valence-electron chi connectivity index (χ0n) is 17.5. The smallest absolute Gasteiger partial charge is 0.338 e. The summed E-state index contributed by atoms with van der Waals surface area (Å²) in [4.78, 5) is 26.3. The third kappa shape index (κ3) is 6.71. The summed E-state index contributed by atoms with van der Waals surface area (Å²) in [7, 11) is 5.37. The normalized spacial score (nSPS) is 10.4. The lowest BCUT2D eigenvalue weighted by atomic mass is 10.2. The molecule has 0 radical (unpaired) electrons. The first-order valence-electron chi connectivity index (χ1n) is 9.35. The van der Waals surface area contributed by atoms with Gasteiger partial charge in [-0.2, -0.15) is 0 Å². The molecule has 1 N–H and O–H groups in total. The first-order valence-corrected chi connectivity index (χ1v) is 9.35. The van der Waals surface area contributed by atoms with Gasteiger partial charge in [-0.1, -0.05) is 13.8 Å². The molecule has 1 amide bonds. The summed E-state index contributed by atoms with van der Waals surface area (Å²) >= 11 is 0. The zero-order chi connectivity index (χ0) is 21.4. The monoisotopic (exact) mass is 400 g/mol. The first-order chi connectivity index (χ1) is 13.8. The molecule has 0 bridgehead atoms. The highest BCUT2D eigenvalue weighted by Crippen LogP contribution is 2.28. The summed E-state index contributed by atoms with van der Waals surface area (Å²) in [6.45, 7) is 4.23. The van der Waals surface area contributed by atoms with E-state index in [1.807, 2.05) is 45.0 Å². The molecule has 0 unspecified atom stereocenters. The number of benzene rings is 2. The summed E-state index contributed by atoms with van der Waals surface area (Å²) in [6, 6.07) is 12.1. The maximum absolute atomic E-state index is 12.3. The second kappa shape index (κ2) is 10.4. The van der Waals surface area contributed by atoms with Gasteiger partial charge < -0.3 is 24.4 Å². The molecule has 2 aromatic rings. The minimum Gasteiger partial charge on any atom is -0.493 e. The lowest BCUT2D eigenvalue weighted by Crippen LogP contribution is -2.21. The van der Waals surface area contributed by atoms with Crippen LogP contribution in [0.3, 0.4) is 0 Å². The Balaban J connectivity index is 1.91. The number of carbonyl (C=O) groups is 2. The third-order valence-electron chi connectivity index (χ3n) is 3.97. The predicted octanol–water partition coefficient (Wildman–Crippen LogP) is 3.59. The van der Waals surface area contributed by atoms with Crippen molar-refractivity contribution in [2.45, 2.75) is 13.8 Å². The van der Waals surface area contributed by atoms with Crippen LogP contribution in [0.25, 0.3) is 0 Å². The minimum atomic E-state index is -0.614. The molecule has 7 heteroatoms. The Kier molecular flexibility index (Phi) is 7.88. The van der Waals surface area contributed by atoms with Crippen LogP contribution in [0, 0.1) is 5.92 Å². The Morgan fingerprint density at radius 2 is 1.72 bits per heavy atom. The molecule has 0 saturated carbocycles. The third-order valence-corrected chi connectivity index (χ3v) is 3.97. The fourth-order valence-corrected chi connectivity index (χ4v) is 2.42. The molecular weight excluding hydrogens is 372 g/mol. The molecule has 0 atom stereocenters. The molecular formula is C22H28N2O5. The minimum absolute atomic E-state index is 0.280. The van der Waals surface area contributed by atoms with Gasteiger partial charge in [0.1, 0.15) is 0 Å². The Bertz CT molecular complexity index is 832. The predicted molar refractivity (Wildman–Crippen MR) is 113 cm³/mol. The molecule has 0 fully saturated rings. The number of nitrogens with one attached hydrogen (secondary N) is 1. The lowest BCUT2D eigenvalue weighted by molar-refractivity contribution is -0.119. The number of methoxy groups -OCH3 is 1. The van der Waals surface area contributed by atoms with Crippen molar-refractivity contribution >= 4 is 23.3 Å². The van der Waals surface area contributed by atoms with Crippen LogP contribution in [0.2, 0.25) is 0 Å². The quantitative estimate of drug-likeness (QED) is 0.648. The van der Waals surface area contributed by atoms with Crippen molar-refractivity contribution in [1.82, 2.24) is 0 Å². The maximum atomic E-state index is 12.3. The number of amides is 1. The molecule has 0 aliphatic carbocycles. The van der Waals surface area contributed by atoms with Gasteiger partial charge in [0.2, 0.25) is 0 Å². The Morgan fingerprint density at radius 1 is 1.03 bits per heavy atom. The van der Waals surface area contributed by atoms with Gasteiger partial charge in [0.25, 0.3) is 5.91 Å². The molecule has 29 heavy (non-hydrogen) atoms. The van der Waals surface area contributed by atoms with Crippen molar-refractivity contribution in [3.8, 4) is 11.5 Å². The average Bonchev–Trinajstić information content (AvgIpc) is 2.70. The van der Waals surface area contributed by atoms with Gasteiger partial charge in [-0.3, -0.25) is 4.79 Å². The zero-order valence-corrected chi connectivity index (χ0v) is 17.5. The maximum Gasteiger partial charge on any atom is 0.338 e. The lowest BCUT2D eigenvalue weighted by Gasteiger charge is -2.14. The first kappa shape index (κ1) is 22.1. The van der Waals surface area contributed by atoms with Gasteiger partial charge in [0.05, 0.1) is 19.3 Å². The molecule has 0 spiro atoms. The van der Waals surface area contributed by atoms with Crippen molar-refractivity contribution < 1.29 is 23.8 Å². The second-order valence-corrected chi connectivity index (χ2v) is 7.14. The van der Waals surface area contributed by atoms with Crippen molar-refractivity contribution in [2.24, 2.45) is 5.92 Å². The van der Waals surface area contributed by atoms with E-state index in [2.05, 4.69) is 5.32 Å². The molecule has 0 aromatic heterocycles. The van der Waals surface area contributed by atoms with Gasteiger partial charge in [-0.25, -0.2) is 4.79 Å². The molecule has 7 nitrogen and oxygen atoms in total. The molecule has 2 aromatic carbocycles. The number of ether oxygens (including phenoxy) is 3. The van der Waals surface area contributed by atoms with E-state index in [9.17, 15) is 9.59 Å². The van der Waals surface area contributed by atoms with Crippen molar-refractivity contribution in [2.75, 3.05) is 44.6 Å². The highest BCUT2D eigenvalue weighted by molar-refractivity contribution is 5.95. The van der Waals surface area contributed by atoms with Gasteiger partial charge in [-0.15, -0.1) is 0 Å². The molecule has 0 heterocycles. The topological polar surface area (TPSA) is 77.1 Å². The van der Waals surface area contributed by atoms with E-state index in [0.29, 0.717) is 29.7 Å². The van der Waals surface area contributed by atoms with Crippen molar-refractivity contribution in [1.29, 1.82) is 0 Å². The largest absolute Gasteiger partial charge is 0.493 e. The summed E-state index contributed by atoms with van der Waals surface area (Å²) in [6.07, 6.45) is 0. The molecule has 0 saturated heterocycles. The number of nitrogens with zero attached hydrogens (tertiary/aromatic N) is 1. The van der Waals surface area contributed by atoms with E-state index >= 15 is 0 Å². The van der Waals surface area contributed by atoms with Crippen LogP contribution < -0.4 is 19.7 Å². The number of hydrogen-bond donors (Lipinski definition) is 1. The van der Waals surface area contributed by atoms with Crippen LogP contribution >= 0.6 is 0 Å². The molecule has 0 aliphatic rings. The van der Waals surface area contributed by atoms with Crippen LogP contribution in [-0.4, -0.2) is 46.3 Å². The van der Waals surface area contributed by atoms with Crippen LogP contribution in [0.4, 0.5) is 11.4 Å². The Hall–Kier alpha value is -3.22. The summed E-state index contributed by atoms with van der Waals surface area (Å²) in [5.41, 5.74) is 1.93. The van der Waals surface area contributed by atoms with Gasteiger partial charge in [-0.05, 0) is 48.4 Å². The summed E-state index contributed by atoms with van der Waals surface area (Å²) in [5, 5.41) is 2.69. The van der Waals surface area contributed by atoms with Crippen molar-refractivity contribution in [3.05, 3.63) is 48.0 Å². The number of rotatable bonds is 9. The second-order valence-electron chi connectivity index (χ2n) is 7.14. The fraction of sp³-hybridized carbons (Fsp3) is 0.364. The van der Waals surface area contributed by atoms with E-state index in [-0.39, 0.29) is 12.2 Å². The number of esters is 1. The Morgan fingerprint density at radius 3 is 2.31 bits per heavy atom. The van der Waals surface area contributed by atoms with Gasteiger partial charge >= 0.3 is 5.97 Å². The standard InChI is InChI=1S/C22H28N2O5/c1-15(2)13-28-19-11-6-16(12-20(19)27-5)22(26)29-14-21(25)23-17-7-9-18(10-8-17)24(3)4/h6-12,15H,13-14H2,1-5H3,(H,23,25). The van der Waals surface area contributed by atoms with E-state index in [0.717, 1.165) is 5.69 Å². The van der Waals surface area contributed by atoms with Gasteiger partial charge in [0.15, 0.2) is 18.1 Å². The fourth-order valence-electron chi connectivity index (χ4n) is 2.42. The number of carbonyl (C=O) groups excluding carboxylic acids is 2. The van der Waals surface area contributed by atoms with Crippen molar-refractivity contribution in [3.63, 3.8) is 0 Å². The van der Waals surface area contributed by atoms with E-state index in [1.54, 1.807) is 24.3 Å². The summed E-state index contributed by atoms with van der Waals surface area (Å²) in [5.74, 6) is 0.320. The Labute approximate surface area is 171 Å². The highest BCUT2D eigenvalue weighted by Gasteiger charge is 2.14. The van der Waals surface area contributed by atoms with E-state index in [4.69, 9.17) is 14.2 Å². The van der Waals surface area contributed by atoms with E-state index < -0.39 is 11.9 Å². The van der Waals surface area contributed by atoms with Crippen LogP contribution in [-0.2, 0) is 9.53 Å². The SMILES string of the molecule is COc1cc(C(=O)OCC(=O)Nc2ccc(N(C)C)cc2)ccc1OCC(C)C. The summed E-state index contributed by atoms with van der Waals surface area (Å²) < 4.78 is 16.1. The number of anilines is 2. The molecule has 2 rings (SSSR count). The van der Waals surface area contributed by atoms with Crippen LogP contribution in [0.1, 0.15) is 24.2 Å². The highest BCUT2D eigenvalue weighted by atomic mass is 16.5. The number of hydrogen-bond acceptors (Lipinski definition) is 6. The van der Waals surface area contributed by atoms with Crippen LogP contribution in [0.15, 0.2) is 42.5 Å². The van der Waals surface area contributed by atoms with Crippen LogP contribution in [0.5, 0.6) is 11.5 Å². The van der Waals surface area contributed by atoms with Gasteiger partial charge in [0, 0.05) is 25.5 Å².